The number of nitrogens with zero attached hydrogens (tertiary/aromatic N) is 2. The van der Waals surface area contributed by atoms with Crippen LogP contribution in [0.2, 0.25) is 0 Å². The minimum atomic E-state index is -0.103. The van der Waals surface area contributed by atoms with Crippen molar-refractivity contribution >= 4 is 21.6 Å². The molecule has 2 rings (SSSR count). The lowest BCUT2D eigenvalue weighted by Crippen LogP contribution is -2.23. The third kappa shape index (κ3) is 2.76. The molecule has 0 unspecified atom stereocenters. The topological polar surface area (TPSA) is 53.0 Å². The Morgan fingerprint density at radius 1 is 1.26 bits per heavy atom. The Morgan fingerprint density at radius 3 is 2.47 bits per heavy atom. The van der Waals surface area contributed by atoms with Gasteiger partial charge in [-0.3, -0.25) is 9.48 Å². The van der Waals surface area contributed by atoms with E-state index < -0.39 is 0 Å². The molecule has 0 saturated carbocycles. The van der Waals surface area contributed by atoms with Gasteiger partial charge in [-0.25, -0.2) is 4.68 Å². The minimum absolute atomic E-state index is 0.103. The van der Waals surface area contributed by atoms with Crippen molar-refractivity contribution in [3.8, 4) is 0 Å². The lowest BCUT2D eigenvalue weighted by atomic mass is 10.2. The first-order valence-electron chi connectivity index (χ1n) is 6.33. The van der Waals surface area contributed by atoms with Crippen LogP contribution in [0.1, 0.15) is 24.6 Å². The van der Waals surface area contributed by atoms with E-state index in [0.29, 0.717) is 12.2 Å². The monoisotopic (exact) mass is 323 g/mol. The quantitative estimate of drug-likeness (QED) is 0.940. The van der Waals surface area contributed by atoms with Gasteiger partial charge in [-0.1, -0.05) is 41.4 Å². The number of aromatic nitrogens is 2. The number of nitrogen functional groups attached to an aromatic ring is 1. The van der Waals surface area contributed by atoms with E-state index in [0.717, 1.165) is 28.6 Å². The fourth-order valence-electron chi connectivity index (χ4n) is 2.19. The largest absolute Gasteiger partial charge is 0.393 e. The molecule has 0 atom stereocenters. The van der Waals surface area contributed by atoms with Crippen LogP contribution in [0.3, 0.4) is 0 Å². The van der Waals surface area contributed by atoms with Crippen LogP contribution in [-0.4, -0.2) is 9.36 Å². The van der Waals surface area contributed by atoms with Crippen molar-refractivity contribution in [1.82, 2.24) is 9.36 Å². The Balaban J connectivity index is 2.38. The Hall–Kier alpha value is -1.49. The molecule has 4 nitrogen and oxygen atoms in total. The van der Waals surface area contributed by atoms with Crippen molar-refractivity contribution < 1.29 is 0 Å². The van der Waals surface area contributed by atoms with Crippen LogP contribution in [0.4, 0.5) is 5.69 Å². The summed E-state index contributed by atoms with van der Waals surface area (Å²) in [4.78, 5) is 12.2. The summed E-state index contributed by atoms with van der Waals surface area (Å²) in [7, 11) is 1.89. The maximum absolute atomic E-state index is 12.2. The smallest absolute Gasteiger partial charge is 0.290 e. The van der Waals surface area contributed by atoms with Gasteiger partial charge in [0.05, 0.1) is 12.2 Å². The van der Waals surface area contributed by atoms with E-state index in [1.54, 1.807) is 4.68 Å². The van der Waals surface area contributed by atoms with Crippen LogP contribution >= 0.6 is 15.9 Å². The lowest BCUT2D eigenvalue weighted by Gasteiger charge is -2.09. The molecule has 19 heavy (non-hydrogen) atoms. The highest BCUT2D eigenvalue weighted by atomic mass is 79.9. The second kappa shape index (κ2) is 5.65. The van der Waals surface area contributed by atoms with Gasteiger partial charge < -0.3 is 5.73 Å². The lowest BCUT2D eigenvalue weighted by molar-refractivity contribution is 0.516. The number of hydrogen-bond acceptors (Lipinski definition) is 2. The molecule has 5 heteroatoms. The maximum atomic E-state index is 12.2. The summed E-state index contributed by atoms with van der Waals surface area (Å²) in [5.74, 6) is 0. The zero-order valence-electron chi connectivity index (χ0n) is 11.2. The molecule has 0 radical (unpaired) electrons. The first-order valence-corrected chi connectivity index (χ1v) is 7.12. The van der Waals surface area contributed by atoms with Gasteiger partial charge in [0.2, 0.25) is 0 Å². The molecule has 0 saturated heterocycles. The second-order valence-electron chi connectivity index (χ2n) is 4.62. The number of anilines is 1. The average Bonchev–Trinajstić information content (AvgIpc) is 2.59. The molecule has 1 aromatic carbocycles. The van der Waals surface area contributed by atoms with E-state index in [-0.39, 0.29) is 5.56 Å². The van der Waals surface area contributed by atoms with Crippen molar-refractivity contribution in [2.75, 3.05) is 5.73 Å². The normalized spacial score (nSPS) is 10.9. The van der Waals surface area contributed by atoms with Crippen molar-refractivity contribution in [3.63, 3.8) is 0 Å². The van der Waals surface area contributed by atoms with Gasteiger partial charge in [-0.2, -0.15) is 0 Å². The second-order valence-corrected chi connectivity index (χ2v) is 5.54. The zero-order valence-corrected chi connectivity index (χ0v) is 12.8. The number of rotatable bonds is 4. The van der Waals surface area contributed by atoms with Gasteiger partial charge in [-0.05, 0) is 24.1 Å². The van der Waals surface area contributed by atoms with Gasteiger partial charge in [0.1, 0.15) is 5.69 Å². The molecule has 0 aliphatic heterocycles. The summed E-state index contributed by atoms with van der Waals surface area (Å²) in [6.45, 7) is 2.62. The van der Waals surface area contributed by atoms with Crippen LogP contribution < -0.4 is 11.3 Å². The number of halogens is 1. The van der Waals surface area contributed by atoms with Crippen molar-refractivity contribution in [2.45, 2.75) is 26.3 Å². The Morgan fingerprint density at radius 2 is 1.89 bits per heavy atom. The Kier molecular flexibility index (Phi) is 4.14. The maximum Gasteiger partial charge on any atom is 0.290 e. The predicted molar refractivity (Wildman–Crippen MR) is 81.3 cm³/mol. The first kappa shape index (κ1) is 13.9. The highest BCUT2D eigenvalue weighted by Crippen LogP contribution is 2.13. The summed E-state index contributed by atoms with van der Waals surface area (Å²) < 4.78 is 4.59. The van der Waals surface area contributed by atoms with Gasteiger partial charge in [0.25, 0.3) is 5.56 Å². The predicted octanol–water partition coefficient (Wildman–Crippen LogP) is 2.53. The van der Waals surface area contributed by atoms with Crippen molar-refractivity contribution in [2.24, 2.45) is 7.05 Å². The van der Waals surface area contributed by atoms with Crippen molar-refractivity contribution in [1.29, 1.82) is 0 Å². The molecule has 0 amide bonds. The summed E-state index contributed by atoms with van der Waals surface area (Å²) in [6.07, 6.45) is 1.80. The molecule has 2 N–H and O–H groups in total. The van der Waals surface area contributed by atoms with Gasteiger partial charge >= 0.3 is 0 Å². The number of hydrogen-bond donors (Lipinski definition) is 1. The van der Waals surface area contributed by atoms with Crippen LogP contribution in [0, 0.1) is 0 Å². The molecule has 2 aromatic rings. The Bertz CT molecular complexity index is 625. The van der Waals surface area contributed by atoms with Crippen molar-refractivity contribution in [3.05, 3.63) is 50.3 Å². The summed E-state index contributed by atoms with van der Waals surface area (Å²) >= 11 is 3.40. The third-order valence-corrected chi connectivity index (χ3v) is 3.79. The molecule has 1 aromatic heterocycles. The fraction of sp³-hybridized carbons (Fsp3) is 0.357. The van der Waals surface area contributed by atoms with Crippen LogP contribution in [0.25, 0.3) is 0 Å². The SMILES string of the molecule is CCCc1c(N)c(=O)n(Cc2ccc(Br)cc2)n1C. The average molecular weight is 324 g/mol. The first-order chi connectivity index (χ1) is 9.04. The molecule has 0 aliphatic rings. The van der Waals surface area contributed by atoms with E-state index in [1.807, 2.05) is 36.0 Å². The van der Waals surface area contributed by atoms with Crippen LogP contribution in [-0.2, 0) is 20.0 Å². The van der Waals surface area contributed by atoms with E-state index in [2.05, 4.69) is 22.9 Å². The molecular weight excluding hydrogens is 306 g/mol. The summed E-state index contributed by atoms with van der Waals surface area (Å²) in [5, 5.41) is 0. The fourth-order valence-corrected chi connectivity index (χ4v) is 2.46. The summed E-state index contributed by atoms with van der Waals surface area (Å²) in [6, 6.07) is 7.94. The molecular formula is C14H18BrN3O. The molecule has 0 fully saturated rings. The number of benzene rings is 1. The van der Waals surface area contributed by atoms with Crippen LogP contribution in [0.5, 0.6) is 0 Å². The minimum Gasteiger partial charge on any atom is -0.393 e. The van der Waals surface area contributed by atoms with Crippen LogP contribution in [0.15, 0.2) is 33.5 Å². The number of nitrogens with two attached hydrogens (primary N) is 1. The van der Waals surface area contributed by atoms with Gasteiger partial charge in [-0.15, -0.1) is 0 Å². The highest BCUT2D eigenvalue weighted by Gasteiger charge is 2.14. The standard InChI is InChI=1S/C14H18BrN3O/c1-3-4-12-13(16)14(19)18(17(12)2)9-10-5-7-11(15)8-6-10/h5-8H,3-4,9,16H2,1-2H3. The summed E-state index contributed by atoms with van der Waals surface area (Å²) in [5.41, 5.74) is 8.18. The Labute approximate surface area is 120 Å². The van der Waals surface area contributed by atoms with E-state index in [4.69, 9.17) is 5.73 Å². The molecule has 1 heterocycles. The van der Waals surface area contributed by atoms with Gasteiger partial charge in [0.15, 0.2) is 0 Å². The molecule has 0 bridgehead atoms. The molecule has 102 valence electrons. The van der Waals surface area contributed by atoms with Gasteiger partial charge in [0, 0.05) is 11.5 Å². The molecule has 0 aliphatic carbocycles. The van der Waals surface area contributed by atoms with E-state index in [1.165, 1.54) is 0 Å². The molecule has 0 spiro atoms. The van der Waals surface area contributed by atoms with E-state index in [9.17, 15) is 4.79 Å². The van der Waals surface area contributed by atoms with E-state index >= 15 is 0 Å². The zero-order chi connectivity index (χ0) is 14.0. The highest BCUT2D eigenvalue weighted by molar-refractivity contribution is 9.10. The third-order valence-electron chi connectivity index (χ3n) is 3.26.